The van der Waals surface area contributed by atoms with E-state index >= 15 is 0 Å². The highest BCUT2D eigenvalue weighted by molar-refractivity contribution is 7.90. The van der Waals surface area contributed by atoms with Crippen LogP contribution < -0.4 is 20.3 Å². The standard InChI is InChI=1S/C20H22N2O6S/c1-11-19(23)21-17-18(28-11)15(9-22(2)20(17)24)14-8-13(29(3,25)26)6-7-16(14)27-10-12-4-5-12/h6-9,11-12H,4-5,10H2,1-3H3,(H,21,23). The predicted octanol–water partition coefficient (Wildman–Crippen LogP) is 1.96. The zero-order valence-corrected chi connectivity index (χ0v) is 17.2. The van der Waals surface area contributed by atoms with E-state index in [1.165, 1.54) is 16.7 Å². The number of aromatic nitrogens is 1. The molecule has 29 heavy (non-hydrogen) atoms. The summed E-state index contributed by atoms with van der Waals surface area (Å²) in [4.78, 5) is 24.7. The van der Waals surface area contributed by atoms with Crippen LogP contribution in [0.3, 0.4) is 0 Å². The summed E-state index contributed by atoms with van der Waals surface area (Å²) < 4.78 is 37.3. The summed E-state index contributed by atoms with van der Waals surface area (Å²) in [5.41, 5.74) is 0.587. The summed E-state index contributed by atoms with van der Waals surface area (Å²) in [5.74, 6) is 0.796. The molecule has 4 rings (SSSR count). The molecule has 1 amide bonds. The number of pyridine rings is 1. The molecule has 0 bridgehead atoms. The molecule has 1 unspecified atom stereocenters. The maximum Gasteiger partial charge on any atom is 0.277 e. The van der Waals surface area contributed by atoms with Gasteiger partial charge in [-0.15, -0.1) is 0 Å². The molecule has 1 aromatic heterocycles. The van der Waals surface area contributed by atoms with Crippen molar-refractivity contribution in [3.05, 3.63) is 34.7 Å². The number of amides is 1. The van der Waals surface area contributed by atoms with Crippen LogP contribution in [0, 0.1) is 5.92 Å². The van der Waals surface area contributed by atoms with Gasteiger partial charge in [-0.2, -0.15) is 0 Å². The second kappa shape index (κ2) is 6.91. The van der Waals surface area contributed by atoms with Crippen molar-refractivity contribution in [3.63, 3.8) is 0 Å². The van der Waals surface area contributed by atoms with Crippen molar-refractivity contribution < 1.29 is 22.7 Å². The molecule has 9 heteroatoms. The summed E-state index contributed by atoms with van der Waals surface area (Å²) in [6.45, 7) is 2.12. The normalized spacial score (nSPS) is 18.6. The number of carbonyl (C=O) groups excluding carboxylic acids is 1. The van der Waals surface area contributed by atoms with Crippen LogP contribution in [-0.4, -0.2) is 37.9 Å². The van der Waals surface area contributed by atoms with Crippen LogP contribution in [0.5, 0.6) is 11.5 Å². The van der Waals surface area contributed by atoms with Gasteiger partial charge in [0.2, 0.25) is 0 Å². The van der Waals surface area contributed by atoms with Crippen molar-refractivity contribution >= 4 is 21.4 Å². The highest BCUT2D eigenvalue weighted by atomic mass is 32.2. The fourth-order valence-corrected chi connectivity index (χ4v) is 3.81. The molecule has 0 radical (unpaired) electrons. The van der Waals surface area contributed by atoms with E-state index in [0.717, 1.165) is 19.1 Å². The molecule has 2 heterocycles. The van der Waals surface area contributed by atoms with Gasteiger partial charge in [0.05, 0.1) is 11.5 Å². The molecule has 1 N–H and O–H groups in total. The molecular weight excluding hydrogens is 396 g/mol. The number of nitrogens with one attached hydrogen (secondary N) is 1. The lowest BCUT2D eigenvalue weighted by molar-refractivity contribution is -0.122. The van der Waals surface area contributed by atoms with Crippen molar-refractivity contribution in [1.29, 1.82) is 0 Å². The molecule has 0 saturated heterocycles. The molecule has 8 nitrogen and oxygen atoms in total. The van der Waals surface area contributed by atoms with Crippen molar-refractivity contribution in [3.8, 4) is 22.6 Å². The first kappa shape index (κ1) is 19.5. The third-order valence-corrected chi connectivity index (χ3v) is 6.19. The van der Waals surface area contributed by atoms with Crippen molar-refractivity contribution in [2.24, 2.45) is 13.0 Å². The molecule has 2 aromatic rings. The van der Waals surface area contributed by atoms with Crippen LogP contribution in [0.1, 0.15) is 19.8 Å². The van der Waals surface area contributed by atoms with Gasteiger partial charge in [0.25, 0.3) is 11.5 Å². The Labute approximate surface area is 168 Å². The molecule has 154 valence electrons. The van der Waals surface area contributed by atoms with Gasteiger partial charge >= 0.3 is 0 Å². The minimum absolute atomic E-state index is 0.0333. The van der Waals surface area contributed by atoms with E-state index in [1.807, 2.05) is 0 Å². The van der Waals surface area contributed by atoms with Crippen LogP contribution in [0.4, 0.5) is 5.69 Å². The second-order valence-electron chi connectivity index (χ2n) is 7.60. The number of sulfone groups is 1. The van der Waals surface area contributed by atoms with Gasteiger partial charge in [-0.05, 0) is 43.9 Å². The quantitative estimate of drug-likeness (QED) is 0.796. The molecule has 0 spiro atoms. The van der Waals surface area contributed by atoms with Crippen LogP contribution in [0.2, 0.25) is 0 Å². The number of benzene rings is 1. The summed E-state index contributed by atoms with van der Waals surface area (Å²) >= 11 is 0. The van der Waals surface area contributed by atoms with Crippen LogP contribution in [-0.2, 0) is 21.7 Å². The number of rotatable bonds is 5. The molecule has 2 aliphatic rings. The second-order valence-corrected chi connectivity index (χ2v) is 9.61. The molecule has 1 aliphatic heterocycles. The molecular formula is C20H22N2O6S. The monoisotopic (exact) mass is 418 g/mol. The Bertz CT molecular complexity index is 1160. The minimum atomic E-state index is -3.46. The van der Waals surface area contributed by atoms with Gasteiger partial charge in [-0.1, -0.05) is 0 Å². The number of ether oxygens (including phenoxy) is 2. The maximum atomic E-state index is 12.5. The zero-order valence-electron chi connectivity index (χ0n) is 16.4. The van der Waals surface area contributed by atoms with E-state index in [-0.39, 0.29) is 16.3 Å². The number of hydrogen-bond acceptors (Lipinski definition) is 6. The highest BCUT2D eigenvalue weighted by Crippen LogP contribution is 2.42. The third kappa shape index (κ3) is 3.74. The Morgan fingerprint density at radius 2 is 1.97 bits per heavy atom. The van der Waals surface area contributed by atoms with Crippen LogP contribution in [0.25, 0.3) is 11.1 Å². The van der Waals surface area contributed by atoms with E-state index in [9.17, 15) is 18.0 Å². The average molecular weight is 418 g/mol. The van der Waals surface area contributed by atoms with E-state index in [4.69, 9.17) is 9.47 Å². The topological polar surface area (TPSA) is 104 Å². The number of anilines is 1. The van der Waals surface area contributed by atoms with Gasteiger partial charge in [0, 0.05) is 30.6 Å². The number of nitrogens with zero attached hydrogens (tertiary/aromatic N) is 1. The zero-order chi connectivity index (χ0) is 20.9. The van der Waals surface area contributed by atoms with Gasteiger partial charge in [0.1, 0.15) is 5.75 Å². The van der Waals surface area contributed by atoms with E-state index in [0.29, 0.717) is 29.4 Å². The van der Waals surface area contributed by atoms with Crippen molar-refractivity contribution in [2.75, 3.05) is 18.2 Å². The third-order valence-electron chi connectivity index (χ3n) is 5.08. The average Bonchev–Trinajstić information content (AvgIpc) is 3.48. The van der Waals surface area contributed by atoms with Gasteiger partial charge in [-0.3, -0.25) is 9.59 Å². The number of aryl methyl sites for hydroxylation is 1. The SMILES string of the molecule is CC1Oc2c(-c3cc(S(C)(=O)=O)ccc3OCC3CC3)cn(C)c(=O)c2NC1=O. The fraction of sp³-hybridized carbons (Fsp3) is 0.400. The van der Waals surface area contributed by atoms with E-state index in [2.05, 4.69) is 5.32 Å². The maximum absolute atomic E-state index is 12.5. The Morgan fingerprint density at radius 1 is 1.24 bits per heavy atom. The van der Waals surface area contributed by atoms with Crippen LogP contribution in [0.15, 0.2) is 34.1 Å². The smallest absolute Gasteiger partial charge is 0.277 e. The largest absolute Gasteiger partial charge is 0.493 e. The minimum Gasteiger partial charge on any atom is -0.493 e. The molecule has 1 saturated carbocycles. The molecule has 1 aromatic carbocycles. The first-order chi connectivity index (χ1) is 13.6. The van der Waals surface area contributed by atoms with E-state index in [1.54, 1.807) is 26.2 Å². The number of carbonyl (C=O) groups is 1. The van der Waals surface area contributed by atoms with Crippen molar-refractivity contribution in [2.45, 2.75) is 30.8 Å². The summed E-state index contributed by atoms with van der Waals surface area (Å²) in [5, 5.41) is 2.60. The van der Waals surface area contributed by atoms with Crippen molar-refractivity contribution in [1.82, 2.24) is 4.57 Å². The summed E-state index contributed by atoms with van der Waals surface area (Å²) in [6.07, 6.45) is 4.13. The lowest BCUT2D eigenvalue weighted by atomic mass is 10.0. The first-order valence-corrected chi connectivity index (χ1v) is 11.2. The van der Waals surface area contributed by atoms with Gasteiger partial charge in [-0.25, -0.2) is 8.42 Å². The summed E-state index contributed by atoms with van der Waals surface area (Å²) in [7, 11) is -1.91. The number of fused-ring (bicyclic) bond motifs is 1. The Morgan fingerprint density at radius 3 is 2.62 bits per heavy atom. The van der Waals surface area contributed by atoms with Gasteiger partial charge < -0.3 is 19.4 Å². The lowest BCUT2D eigenvalue weighted by Gasteiger charge is -2.26. The van der Waals surface area contributed by atoms with Crippen LogP contribution >= 0.6 is 0 Å². The molecule has 1 atom stereocenters. The fourth-order valence-electron chi connectivity index (χ4n) is 3.17. The van der Waals surface area contributed by atoms with Gasteiger partial charge in [0.15, 0.2) is 27.4 Å². The van der Waals surface area contributed by atoms with E-state index < -0.39 is 27.4 Å². The highest BCUT2D eigenvalue weighted by Gasteiger charge is 2.31. The summed E-state index contributed by atoms with van der Waals surface area (Å²) in [6, 6.07) is 4.64. The predicted molar refractivity (Wildman–Crippen MR) is 107 cm³/mol. The lowest BCUT2D eigenvalue weighted by Crippen LogP contribution is -2.38. The molecule has 1 fully saturated rings. The molecule has 1 aliphatic carbocycles. The Hall–Kier alpha value is -2.81. The Kier molecular flexibility index (Phi) is 4.65. The Balaban J connectivity index is 1.93. The number of hydrogen-bond donors (Lipinski definition) is 1. The first-order valence-electron chi connectivity index (χ1n) is 9.33.